The van der Waals surface area contributed by atoms with E-state index in [0.717, 1.165) is 18.4 Å². The zero-order valence-corrected chi connectivity index (χ0v) is 15.5. The molecule has 1 rings (SSSR count). The largest absolute Gasteiger partial charge is 0.396 e. The maximum absolute atomic E-state index is 9.05. The van der Waals surface area contributed by atoms with Gasteiger partial charge in [0.25, 0.3) is 0 Å². The Labute approximate surface area is 141 Å². The van der Waals surface area contributed by atoms with Gasteiger partial charge < -0.3 is 15.7 Å². The molecule has 0 saturated heterocycles. The molecule has 0 radical (unpaired) electrons. The van der Waals surface area contributed by atoms with Crippen molar-refractivity contribution < 1.29 is 5.11 Å². The van der Waals surface area contributed by atoms with Gasteiger partial charge in [-0.15, -0.1) is 24.0 Å². The van der Waals surface area contributed by atoms with Crippen LogP contribution in [0.1, 0.15) is 52.9 Å². The number of aliphatic imine (C=N–C) groups is 1. The van der Waals surface area contributed by atoms with Crippen molar-refractivity contribution in [3.05, 3.63) is 0 Å². The van der Waals surface area contributed by atoms with Crippen LogP contribution in [0.4, 0.5) is 0 Å². The molecule has 3 N–H and O–H groups in total. The Morgan fingerprint density at radius 3 is 2.40 bits per heavy atom. The average Bonchev–Trinajstić information content (AvgIpc) is 2.45. The van der Waals surface area contributed by atoms with Crippen LogP contribution in [0.5, 0.6) is 0 Å². The van der Waals surface area contributed by atoms with E-state index in [1.165, 1.54) is 32.1 Å². The normalized spacial score (nSPS) is 24.7. The number of hydrogen-bond donors (Lipinski definition) is 3. The molecule has 0 spiro atoms. The molecule has 1 saturated carbocycles. The Bertz CT molecular complexity index is 266. The third-order valence-corrected chi connectivity index (χ3v) is 3.98. The molecule has 0 amide bonds. The van der Waals surface area contributed by atoms with Crippen LogP contribution in [0.15, 0.2) is 4.99 Å². The predicted octanol–water partition coefficient (Wildman–Crippen LogP) is 2.76. The van der Waals surface area contributed by atoms with Crippen molar-refractivity contribution in [3.63, 3.8) is 0 Å². The molecule has 1 atom stereocenters. The predicted molar refractivity (Wildman–Crippen MR) is 96.8 cm³/mol. The zero-order chi connectivity index (χ0) is 14.1. The van der Waals surface area contributed by atoms with Crippen molar-refractivity contribution in [2.24, 2.45) is 16.8 Å². The molecule has 0 aromatic carbocycles. The summed E-state index contributed by atoms with van der Waals surface area (Å²) >= 11 is 0. The van der Waals surface area contributed by atoms with Crippen molar-refractivity contribution in [3.8, 4) is 0 Å². The van der Waals surface area contributed by atoms with E-state index in [4.69, 9.17) is 5.11 Å². The van der Waals surface area contributed by atoms with Gasteiger partial charge in [0.15, 0.2) is 5.96 Å². The molecule has 0 aromatic heterocycles. The number of hydrogen-bond acceptors (Lipinski definition) is 2. The molecule has 1 aliphatic rings. The van der Waals surface area contributed by atoms with Crippen LogP contribution < -0.4 is 10.6 Å². The molecular weight excluding hydrogens is 365 g/mol. The fourth-order valence-electron chi connectivity index (χ4n) is 2.53. The first-order valence-electron chi connectivity index (χ1n) is 7.85. The van der Waals surface area contributed by atoms with E-state index < -0.39 is 0 Å². The van der Waals surface area contributed by atoms with Gasteiger partial charge in [0, 0.05) is 25.7 Å². The Balaban J connectivity index is 0.00000361. The molecule has 0 bridgehead atoms. The van der Waals surface area contributed by atoms with E-state index in [1.807, 2.05) is 6.92 Å². The third kappa shape index (κ3) is 7.67. The van der Waals surface area contributed by atoms with Crippen LogP contribution in [0, 0.1) is 11.8 Å². The van der Waals surface area contributed by atoms with Crippen LogP contribution in [0.3, 0.4) is 0 Å². The Kier molecular flexibility index (Phi) is 11.6. The van der Waals surface area contributed by atoms with Gasteiger partial charge in [-0.1, -0.05) is 20.3 Å². The first kappa shape index (κ1) is 20.0. The first-order chi connectivity index (χ1) is 9.19. The summed E-state index contributed by atoms with van der Waals surface area (Å²) in [4.78, 5) is 4.55. The van der Waals surface area contributed by atoms with Gasteiger partial charge in [0.1, 0.15) is 0 Å². The summed E-state index contributed by atoms with van der Waals surface area (Å²) in [5, 5.41) is 15.9. The van der Waals surface area contributed by atoms with E-state index in [2.05, 4.69) is 29.5 Å². The molecule has 20 heavy (non-hydrogen) atoms. The summed E-state index contributed by atoms with van der Waals surface area (Å²) in [6, 6.07) is 0.560. The first-order valence-corrected chi connectivity index (χ1v) is 7.85. The average molecular weight is 397 g/mol. The number of aliphatic hydroxyl groups is 1. The smallest absolute Gasteiger partial charge is 0.191 e. The monoisotopic (exact) mass is 397 g/mol. The quantitative estimate of drug-likeness (QED) is 0.367. The minimum absolute atomic E-state index is 0. The summed E-state index contributed by atoms with van der Waals surface area (Å²) in [6.07, 6.45) is 6.48. The number of nitrogens with zero attached hydrogens (tertiary/aromatic N) is 1. The van der Waals surface area contributed by atoms with Crippen molar-refractivity contribution >= 4 is 29.9 Å². The minimum Gasteiger partial charge on any atom is -0.396 e. The summed E-state index contributed by atoms with van der Waals surface area (Å²) in [5.41, 5.74) is 0. The number of rotatable bonds is 6. The molecule has 5 heteroatoms. The fourth-order valence-corrected chi connectivity index (χ4v) is 2.53. The highest BCUT2D eigenvalue weighted by Crippen LogP contribution is 2.26. The van der Waals surface area contributed by atoms with Gasteiger partial charge in [0.2, 0.25) is 0 Å². The Hall–Kier alpha value is -0.0400. The van der Waals surface area contributed by atoms with Gasteiger partial charge in [-0.05, 0) is 44.4 Å². The lowest BCUT2D eigenvalue weighted by Crippen LogP contribution is -2.45. The van der Waals surface area contributed by atoms with Crippen molar-refractivity contribution in [2.75, 3.05) is 19.7 Å². The molecule has 0 aliphatic heterocycles. The highest BCUT2D eigenvalue weighted by Gasteiger charge is 2.20. The van der Waals surface area contributed by atoms with Crippen molar-refractivity contribution in [1.29, 1.82) is 0 Å². The van der Waals surface area contributed by atoms with E-state index in [0.29, 0.717) is 12.6 Å². The lowest BCUT2D eigenvalue weighted by Gasteiger charge is -2.29. The maximum atomic E-state index is 9.05. The van der Waals surface area contributed by atoms with Crippen LogP contribution >= 0.6 is 24.0 Å². The van der Waals surface area contributed by atoms with Crippen LogP contribution in [0.2, 0.25) is 0 Å². The van der Waals surface area contributed by atoms with E-state index in [1.54, 1.807) is 0 Å². The van der Waals surface area contributed by atoms with Gasteiger partial charge in [-0.25, -0.2) is 0 Å². The number of aliphatic hydroxyl groups excluding tert-OH is 1. The second-order valence-corrected chi connectivity index (χ2v) is 5.78. The highest BCUT2D eigenvalue weighted by atomic mass is 127. The molecule has 1 aliphatic carbocycles. The second kappa shape index (κ2) is 11.6. The highest BCUT2D eigenvalue weighted by molar-refractivity contribution is 14.0. The van der Waals surface area contributed by atoms with Crippen molar-refractivity contribution in [2.45, 2.75) is 58.9 Å². The summed E-state index contributed by atoms with van der Waals surface area (Å²) in [5.74, 6) is 2.06. The van der Waals surface area contributed by atoms with Crippen LogP contribution in [-0.4, -0.2) is 36.8 Å². The topological polar surface area (TPSA) is 56.7 Å². The molecular formula is C15H32IN3O. The Morgan fingerprint density at radius 2 is 1.90 bits per heavy atom. The van der Waals surface area contributed by atoms with Crippen LogP contribution in [0.25, 0.3) is 0 Å². The number of halogens is 1. The number of guanidine groups is 1. The lowest BCUT2D eigenvalue weighted by molar-refractivity contribution is 0.241. The van der Waals surface area contributed by atoms with E-state index >= 15 is 0 Å². The number of nitrogens with one attached hydrogen (secondary N) is 2. The van der Waals surface area contributed by atoms with Gasteiger partial charge >= 0.3 is 0 Å². The molecule has 120 valence electrons. The van der Waals surface area contributed by atoms with Gasteiger partial charge in [0.05, 0.1) is 0 Å². The third-order valence-electron chi connectivity index (χ3n) is 3.98. The maximum Gasteiger partial charge on any atom is 0.191 e. The van der Waals surface area contributed by atoms with Gasteiger partial charge in [-0.3, -0.25) is 4.99 Å². The van der Waals surface area contributed by atoms with Crippen molar-refractivity contribution in [1.82, 2.24) is 10.6 Å². The van der Waals surface area contributed by atoms with E-state index in [9.17, 15) is 0 Å². The SMILES string of the molecule is CCNC(=NCC(C)CO)NC1CCC(CC)CC1.I. The molecule has 0 aromatic rings. The lowest BCUT2D eigenvalue weighted by atomic mass is 9.84. The Morgan fingerprint density at radius 1 is 1.25 bits per heavy atom. The molecule has 4 nitrogen and oxygen atoms in total. The summed E-state index contributed by atoms with van der Waals surface area (Å²) in [6.45, 7) is 8.14. The molecule has 1 fully saturated rings. The second-order valence-electron chi connectivity index (χ2n) is 5.78. The minimum atomic E-state index is 0. The van der Waals surface area contributed by atoms with Crippen LogP contribution in [-0.2, 0) is 0 Å². The molecule has 0 heterocycles. The standard InChI is InChI=1S/C15H31N3O.HI/c1-4-13-6-8-14(9-7-13)18-15(16-5-2)17-10-12(3)11-19;/h12-14,19H,4-11H2,1-3H3,(H2,16,17,18);1H. The zero-order valence-electron chi connectivity index (χ0n) is 13.2. The van der Waals surface area contributed by atoms with E-state index in [-0.39, 0.29) is 36.5 Å². The summed E-state index contributed by atoms with van der Waals surface area (Å²) in [7, 11) is 0. The molecule has 1 unspecified atom stereocenters. The van der Waals surface area contributed by atoms with Gasteiger partial charge in [-0.2, -0.15) is 0 Å². The summed E-state index contributed by atoms with van der Waals surface area (Å²) < 4.78 is 0. The fraction of sp³-hybridized carbons (Fsp3) is 0.933.